The Morgan fingerprint density at radius 3 is 2.62 bits per heavy atom. The Bertz CT molecular complexity index is 1300. The van der Waals surface area contributed by atoms with Gasteiger partial charge in [-0.05, 0) is 43.4 Å². The Kier molecular flexibility index (Phi) is 5.36. The molecule has 0 saturated heterocycles. The van der Waals surface area contributed by atoms with Crippen molar-refractivity contribution >= 4 is 22.8 Å². The van der Waals surface area contributed by atoms with Crippen LogP contribution in [0.2, 0.25) is 0 Å². The number of fused-ring (bicyclic) bond motifs is 1. The van der Waals surface area contributed by atoms with E-state index in [1.54, 1.807) is 16.7 Å². The van der Waals surface area contributed by atoms with Crippen molar-refractivity contribution < 1.29 is 18.3 Å². The predicted octanol–water partition coefficient (Wildman–Crippen LogP) is 3.59. The minimum absolute atomic E-state index is 0.0493. The molecule has 0 atom stereocenters. The number of aromatic nitrogens is 4. The van der Waals surface area contributed by atoms with Crippen LogP contribution in [-0.2, 0) is 5.75 Å². The topological polar surface area (TPSA) is 99.1 Å². The van der Waals surface area contributed by atoms with Crippen LogP contribution in [0.5, 0.6) is 11.5 Å². The molecule has 0 aliphatic heterocycles. The molecule has 2 aliphatic rings. The predicted molar refractivity (Wildman–Crippen MR) is 114 cm³/mol. The molecule has 0 spiro atoms. The van der Waals surface area contributed by atoms with Crippen molar-refractivity contribution in [1.29, 1.82) is 0 Å². The van der Waals surface area contributed by atoms with Gasteiger partial charge in [-0.15, -0.1) is 11.8 Å². The Balaban J connectivity index is 1.52. The Morgan fingerprint density at radius 2 is 1.97 bits per heavy atom. The largest absolute Gasteiger partial charge is 0.493 e. The molecule has 2 heterocycles. The van der Waals surface area contributed by atoms with E-state index in [1.165, 1.54) is 24.9 Å². The monoisotopic (exact) mass is 462 g/mol. The van der Waals surface area contributed by atoms with E-state index < -0.39 is 17.9 Å². The molecule has 2 aromatic heterocycles. The standard InChI is InChI=1S/C21H20F2N4O4S/c1-30-14-8-10(2-7-13(14)31-20(22)23)9-32-19-15-17(24-16(25-19)11-3-4-11)27(12-5-6-12)21(29)26-18(15)28/h2,7-8,11-12,20H,3-6,9H2,1H3,(H,26,28,29). The molecular weight excluding hydrogens is 442 g/mol. The summed E-state index contributed by atoms with van der Waals surface area (Å²) in [5.74, 6) is 1.44. The first-order valence-corrected chi connectivity index (χ1v) is 11.2. The zero-order chi connectivity index (χ0) is 22.4. The highest BCUT2D eigenvalue weighted by molar-refractivity contribution is 7.98. The van der Waals surface area contributed by atoms with Crippen molar-refractivity contribution in [2.75, 3.05) is 7.11 Å². The first kappa shape index (κ1) is 20.9. The van der Waals surface area contributed by atoms with Crippen LogP contribution in [0.4, 0.5) is 8.78 Å². The van der Waals surface area contributed by atoms with Gasteiger partial charge < -0.3 is 9.47 Å². The highest BCUT2D eigenvalue weighted by atomic mass is 32.2. The van der Waals surface area contributed by atoms with Gasteiger partial charge in [-0.1, -0.05) is 6.07 Å². The van der Waals surface area contributed by atoms with Crippen LogP contribution in [0.15, 0.2) is 32.8 Å². The molecule has 0 bridgehead atoms. The summed E-state index contributed by atoms with van der Waals surface area (Å²) >= 11 is 1.33. The minimum Gasteiger partial charge on any atom is -0.493 e. The van der Waals surface area contributed by atoms with Crippen LogP contribution < -0.4 is 20.7 Å². The number of thioether (sulfide) groups is 1. The second-order valence-corrected chi connectivity index (χ2v) is 8.84. The number of nitrogens with zero attached hydrogens (tertiary/aromatic N) is 3. The summed E-state index contributed by atoms with van der Waals surface area (Å²) in [6.07, 6.45) is 3.71. The van der Waals surface area contributed by atoms with E-state index in [0.29, 0.717) is 27.6 Å². The smallest absolute Gasteiger partial charge is 0.387 e. The third kappa shape index (κ3) is 4.08. The highest BCUT2D eigenvalue weighted by Crippen LogP contribution is 2.41. The van der Waals surface area contributed by atoms with E-state index in [2.05, 4.69) is 19.7 Å². The summed E-state index contributed by atoms with van der Waals surface area (Å²) in [5, 5.41) is 0.801. The van der Waals surface area contributed by atoms with Gasteiger partial charge in [0.25, 0.3) is 5.56 Å². The number of benzene rings is 1. The van der Waals surface area contributed by atoms with Crippen molar-refractivity contribution in [1.82, 2.24) is 19.5 Å². The van der Waals surface area contributed by atoms with Crippen molar-refractivity contribution in [2.24, 2.45) is 0 Å². The summed E-state index contributed by atoms with van der Waals surface area (Å²) in [7, 11) is 1.38. The second kappa shape index (κ2) is 8.19. The fourth-order valence-corrected chi connectivity index (χ4v) is 4.55. The molecule has 1 N–H and O–H groups in total. The Labute approximate surface area is 185 Å². The van der Waals surface area contributed by atoms with E-state index in [0.717, 1.165) is 31.2 Å². The third-order valence-corrected chi connectivity index (χ3v) is 6.49. The van der Waals surface area contributed by atoms with Gasteiger partial charge in [0.05, 0.1) is 7.11 Å². The molecule has 5 rings (SSSR count). The van der Waals surface area contributed by atoms with Gasteiger partial charge in [0.2, 0.25) is 0 Å². The summed E-state index contributed by atoms with van der Waals surface area (Å²) in [6, 6.07) is 4.74. The first-order valence-electron chi connectivity index (χ1n) is 10.3. The van der Waals surface area contributed by atoms with Crippen molar-refractivity contribution in [3.05, 3.63) is 50.4 Å². The highest BCUT2D eigenvalue weighted by Gasteiger charge is 2.32. The Morgan fingerprint density at radius 1 is 1.19 bits per heavy atom. The van der Waals surface area contributed by atoms with Gasteiger partial charge >= 0.3 is 12.3 Å². The average molecular weight is 462 g/mol. The fraction of sp³-hybridized carbons (Fsp3) is 0.429. The molecule has 32 heavy (non-hydrogen) atoms. The lowest BCUT2D eigenvalue weighted by Crippen LogP contribution is -2.31. The number of H-pyrrole nitrogens is 1. The van der Waals surface area contributed by atoms with Gasteiger partial charge in [-0.2, -0.15) is 8.78 Å². The number of hydrogen-bond donors (Lipinski definition) is 1. The lowest BCUT2D eigenvalue weighted by atomic mass is 10.2. The van der Waals surface area contributed by atoms with Gasteiger partial charge in [0.1, 0.15) is 16.2 Å². The zero-order valence-electron chi connectivity index (χ0n) is 17.1. The second-order valence-electron chi connectivity index (χ2n) is 7.87. The van der Waals surface area contributed by atoms with E-state index in [-0.39, 0.29) is 23.5 Å². The third-order valence-electron chi connectivity index (χ3n) is 5.44. The van der Waals surface area contributed by atoms with Crippen molar-refractivity contribution in [3.63, 3.8) is 0 Å². The normalized spacial score (nSPS) is 16.0. The zero-order valence-corrected chi connectivity index (χ0v) is 18.0. The van der Waals surface area contributed by atoms with E-state index in [9.17, 15) is 18.4 Å². The van der Waals surface area contributed by atoms with Gasteiger partial charge in [0.15, 0.2) is 17.1 Å². The molecule has 11 heteroatoms. The van der Waals surface area contributed by atoms with E-state index in [1.807, 2.05) is 0 Å². The fourth-order valence-electron chi connectivity index (χ4n) is 3.58. The molecule has 0 amide bonds. The molecule has 1 aromatic carbocycles. The Hall–Kier alpha value is -2.95. The van der Waals surface area contributed by atoms with E-state index >= 15 is 0 Å². The summed E-state index contributed by atoms with van der Waals surface area (Å²) in [4.78, 5) is 36.8. The van der Waals surface area contributed by atoms with Crippen LogP contribution in [-0.4, -0.2) is 33.2 Å². The number of alkyl halides is 2. The van der Waals surface area contributed by atoms with Crippen LogP contribution >= 0.6 is 11.8 Å². The molecule has 168 valence electrons. The van der Waals surface area contributed by atoms with Gasteiger partial charge in [-0.25, -0.2) is 14.8 Å². The number of hydrogen-bond acceptors (Lipinski definition) is 7. The molecule has 2 saturated carbocycles. The van der Waals surface area contributed by atoms with Crippen molar-refractivity contribution in [2.45, 2.75) is 55.0 Å². The quantitative estimate of drug-likeness (QED) is 0.403. The maximum atomic E-state index is 12.7. The molecule has 3 aromatic rings. The number of aromatic amines is 1. The lowest BCUT2D eigenvalue weighted by molar-refractivity contribution is -0.0512. The molecule has 2 aliphatic carbocycles. The lowest BCUT2D eigenvalue weighted by Gasteiger charge is -2.13. The molecule has 2 fully saturated rings. The first-order chi connectivity index (χ1) is 15.4. The van der Waals surface area contributed by atoms with Crippen LogP contribution in [0.1, 0.15) is 49.0 Å². The van der Waals surface area contributed by atoms with Crippen LogP contribution in [0, 0.1) is 0 Å². The average Bonchev–Trinajstić information content (AvgIpc) is 3.65. The molecule has 0 unspecified atom stereocenters. The van der Waals surface area contributed by atoms with Gasteiger partial charge in [0, 0.05) is 17.7 Å². The van der Waals surface area contributed by atoms with Crippen LogP contribution in [0.25, 0.3) is 11.0 Å². The minimum atomic E-state index is -2.95. The number of halogens is 2. The summed E-state index contributed by atoms with van der Waals surface area (Å²) in [6.45, 7) is -2.95. The molecule has 0 radical (unpaired) electrons. The number of rotatable bonds is 8. The summed E-state index contributed by atoms with van der Waals surface area (Å²) < 4.78 is 36.3. The summed E-state index contributed by atoms with van der Waals surface area (Å²) in [5.41, 5.74) is 0.213. The maximum Gasteiger partial charge on any atom is 0.387 e. The van der Waals surface area contributed by atoms with E-state index in [4.69, 9.17) is 4.74 Å². The van der Waals surface area contributed by atoms with Crippen LogP contribution in [0.3, 0.4) is 0 Å². The SMILES string of the molecule is COc1cc(CSc2nc(C3CC3)nc3c2c(=O)[nH]c(=O)n3C2CC2)ccc1OC(F)F. The maximum absolute atomic E-state index is 12.7. The number of nitrogens with one attached hydrogen (secondary N) is 1. The number of ether oxygens (including phenoxy) is 2. The molecule has 8 nitrogen and oxygen atoms in total. The van der Waals surface area contributed by atoms with Gasteiger partial charge in [-0.3, -0.25) is 14.3 Å². The van der Waals surface area contributed by atoms with Crippen molar-refractivity contribution in [3.8, 4) is 11.5 Å². The number of methoxy groups -OCH3 is 1. The molecular formula is C21H20F2N4O4S.